The van der Waals surface area contributed by atoms with Crippen molar-refractivity contribution in [2.24, 2.45) is 68.3 Å². The van der Waals surface area contributed by atoms with E-state index in [4.69, 9.17) is 25.3 Å². The zero-order valence-corrected chi connectivity index (χ0v) is 35.8. The Kier molecular flexibility index (Phi) is 9.57. The van der Waals surface area contributed by atoms with Crippen LogP contribution in [0.1, 0.15) is 114 Å². The third-order valence-corrected chi connectivity index (χ3v) is 17.8. The van der Waals surface area contributed by atoms with E-state index in [2.05, 4.69) is 122 Å². The molecule has 1 saturated heterocycles. The second-order valence-electron chi connectivity index (χ2n) is 21.1. The van der Waals surface area contributed by atoms with E-state index < -0.39 is 28.3 Å². The third kappa shape index (κ3) is 5.57. The quantitative estimate of drug-likeness (QED) is 0.209. The van der Waals surface area contributed by atoms with Gasteiger partial charge in [0.05, 0.1) is 37.9 Å². The van der Waals surface area contributed by atoms with Crippen LogP contribution in [0.3, 0.4) is 0 Å². The van der Waals surface area contributed by atoms with Crippen molar-refractivity contribution in [2.75, 3.05) is 19.8 Å². The van der Waals surface area contributed by atoms with E-state index in [0.29, 0.717) is 37.6 Å². The van der Waals surface area contributed by atoms with E-state index in [0.717, 1.165) is 49.9 Å². The Morgan fingerprint density at radius 1 is 1.02 bits per heavy atom. The number of nitrogens with two attached hydrogens (primary N) is 1. The maximum Gasteiger partial charge on any atom is 0.307 e. The summed E-state index contributed by atoms with van der Waals surface area (Å²) in [6.45, 7) is 24.5. The number of hydrogen-bond acceptors (Lipinski definition) is 6. The number of nitrogens with zero attached hydrogens (tertiary/aromatic N) is 3. The highest BCUT2D eigenvalue weighted by molar-refractivity contribution is 5.86. The number of carboxylic acids is 1. The molecule has 3 saturated carbocycles. The number of aromatic nitrogens is 3. The van der Waals surface area contributed by atoms with Gasteiger partial charge in [-0.3, -0.25) is 4.79 Å². The lowest BCUT2D eigenvalue weighted by atomic mass is 9.34. The summed E-state index contributed by atoms with van der Waals surface area (Å²) in [4.78, 5) is 18.6. The fraction of sp³-hybridized carbons (Fsp3) is 0.688. The van der Waals surface area contributed by atoms with Crippen LogP contribution in [0, 0.1) is 62.6 Å². The van der Waals surface area contributed by atoms with Crippen LogP contribution in [-0.2, 0) is 14.3 Å². The molecule has 1 aromatic heterocycles. The van der Waals surface area contributed by atoms with E-state index >= 15 is 0 Å². The average Bonchev–Trinajstić information content (AvgIpc) is 3.64. The lowest BCUT2D eigenvalue weighted by Crippen LogP contribution is -2.70. The first kappa shape index (κ1) is 39.7. The molecule has 0 spiro atoms. The highest BCUT2D eigenvalue weighted by Gasteiger charge is 2.72. The van der Waals surface area contributed by atoms with Gasteiger partial charge >= 0.3 is 5.97 Å². The van der Waals surface area contributed by atoms with E-state index in [1.807, 2.05) is 0 Å². The molecule has 4 aliphatic carbocycles. The van der Waals surface area contributed by atoms with Gasteiger partial charge in [0.25, 0.3) is 0 Å². The zero-order chi connectivity index (χ0) is 40.2. The molecule has 2 heterocycles. The topological polar surface area (TPSA) is 112 Å². The molecule has 8 nitrogen and oxygen atoms in total. The Bertz CT molecular complexity index is 2020. The van der Waals surface area contributed by atoms with Gasteiger partial charge in [0, 0.05) is 16.5 Å². The Morgan fingerprint density at radius 2 is 1.75 bits per heavy atom. The first-order valence-corrected chi connectivity index (χ1v) is 21.6. The number of carboxylic acid groups (broad SMARTS) is 1. The molecule has 4 fully saturated rings. The van der Waals surface area contributed by atoms with Crippen LogP contribution in [0.5, 0.6) is 0 Å². The second-order valence-corrected chi connectivity index (χ2v) is 21.1. The number of ether oxygens (including phenoxy) is 2. The Labute approximate surface area is 335 Å². The van der Waals surface area contributed by atoms with Gasteiger partial charge in [-0.15, -0.1) is 0 Å². The van der Waals surface area contributed by atoms with E-state index in [1.165, 1.54) is 16.3 Å². The number of rotatable bonds is 9. The summed E-state index contributed by atoms with van der Waals surface area (Å²) in [6.07, 6.45) is 9.61. The third-order valence-electron chi connectivity index (χ3n) is 17.8. The highest BCUT2D eigenvalue weighted by atomic mass is 16.5. The van der Waals surface area contributed by atoms with Crippen molar-refractivity contribution in [1.29, 1.82) is 0 Å². The minimum atomic E-state index is -0.632. The summed E-state index contributed by atoms with van der Waals surface area (Å²) in [6, 6.07) is 14.9. The fourth-order valence-electron chi connectivity index (χ4n) is 13.6. The molecule has 3 aromatic rings. The molecule has 8 heteroatoms. The van der Waals surface area contributed by atoms with E-state index in [9.17, 15) is 9.90 Å². The summed E-state index contributed by atoms with van der Waals surface area (Å²) in [5.74, 6) is 1.26. The maximum absolute atomic E-state index is 13.7. The van der Waals surface area contributed by atoms with Gasteiger partial charge in [-0.25, -0.2) is 9.67 Å². The second kappa shape index (κ2) is 13.5. The summed E-state index contributed by atoms with van der Waals surface area (Å²) < 4.78 is 16.5. The molecular formula is C48H68N4O4. The minimum Gasteiger partial charge on any atom is -0.481 e. The highest BCUT2D eigenvalue weighted by Crippen LogP contribution is 2.75. The summed E-state index contributed by atoms with van der Waals surface area (Å²) in [7, 11) is 0. The van der Waals surface area contributed by atoms with Crippen LogP contribution < -0.4 is 5.73 Å². The van der Waals surface area contributed by atoms with Crippen LogP contribution in [0.4, 0.5) is 0 Å². The zero-order valence-electron chi connectivity index (χ0n) is 35.8. The van der Waals surface area contributed by atoms with Crippen LogP contribution >= 0.6 is 0 Å². The van der Waals surface area contributed by atoms with Crippen LogP contribution in [0.15, 0.2) is 60.4 Å². The summed E-state index contributed by atoms with van der Waals surface area (Å²) in [5.41, 5.74) is 7.56. The van der Waals surface area contributed by atoms with Crippen LogP contribution in [0.2, 0.25) is 0 Å². The van der Waals surface area contributed by atoms with E-state index in [-0.39, 0.29) is 40.2 Å². The van der Waals surface area contributed by atoms with E-state index in [1.54, 1.807) is 6.33 Å². The minimum absolute atomic E-state index is 0.110. The van der Waals surface area contributed by atoms with Gasteiger partial charge in [-0.1, -0.05) is 110 Å². The molecule has 2 bridgehead atoms. The number of hydrogen-bond donors (Lipinski definition) is 2. The molecule has 1 aliphatic heterocycles. The predicted molar refractivity (Wildman–Crippen MR) is 223 cm³/mol. The lowest BCUT2D eigenvalue weighted by Gasteiger charge is -2.71. The van der Waals surface area contributed by atoms with Crippen molar-refractivity contribution in [3.05, 3.63) is 60.4 Å². The van der Waals surface area contributed by atoms with Crippen molar-refractivity contribution in [3.63, 3.8) is 0 Å². The van der Waals surface area contributed by atoms with Gasteiger partial charge in [0.15, 0.2) is 5.82 Å². The van der Waals surface area contributed by atoms with Crippen molar-refractivity contribution >= 4 is 16.7 Å². The molecular weight excluding hydrogens is 697 g/mol. The largest absolute Gasteiger partial charge is 0.481 e. The van der Waals surface area contributed by atoms with Crippen molar-refractivity contribution in [2.45, 2.75) is 125 Å². The maximum atomic E-state index is 13.7. The average molecular weight is 765 g/mol. The first-order valence-electron chi connectivity index (χ1n) is 21.6. The van der Waals surface area contributed by atoms with Crippen molar-refractivity contribution in [1.82, 2.24) is 14.8 Å². The van der Waals surface area contributed by atoms with Gasteiger partial charge in [-0.2, -0.15) is 5.10 Å². The van der Waals surface area contributed by atoms with Crippen LogP contribution in [0.25, 0.3) is 22.2 Å². The first-order chi connectivity index (χ1) is 26.3. The Morgan fingerprint density at radius 3 is 2.45 bits per heavy atom. The summed E-state index contributed by atoms with van der Waals surface area (Å²) >= 11 is 0. The molecule has 3 N–H and O–H groups in total. The normalized spacial score (nSPS) is 39.7. The molecule has 0 unspecified atom stereocenters. The molecule has 12 atom stereocenters. The SMILES string of the molecule is CC(C)[C@@H](C)[C@@]1(C)CC[C@]2(C)[C@H]3CC[C@@H]4[C@@]5(C)COC[C@@]4(C3=CC[C@@]2(C)[C@@H]1C(=O)O)[C@@H](OC[C@](C)(N)C(C)C)[C@H](n1ncnc1-c1ccc2ccccc2c1)C5. The number of aliphatic carboxylic acids is 1. The van der Waals surface area contributed by atoms with Crippen molar-refractivity contribution in [3.8, 4) is 11.4 Å². The number of carbonyl (C=O) groups is 1. The fourth-order valence-corrected chi connectivity index (χ4v) is 13.6. The molecule has 0 radical (unpaired) electrons. The van der Waals surface area contributed by atoms with Gasteiger partial charge < -0.3 is 20.3 Å². The molecule has 5 aliphatic rings. The smallest absolute Gasteiger partial charge is 0.307 e. The van der Waals surface area contributed by atoms with Crippen molar-refractivity contribution < 1.29 is 19.4 Å². The lowest BCUT2D eigenvalue weighted by molar-refractivity contribution is -0.254. The molecule has 8 rings (SSSR count). The standard InChI is InChI=1S/C48H68N4O4/c1-29(2)31(5)44(7)21-22-45(8)35-17-18-38-43(6)24-37(52-41(50-28-51-52)34-16-15-32-13-11-12-14-33(32)23-34)40(56-26-47(10,49)30(3)4)48(38,27-55-25-43)36(35)19-20-46(45,9)39(44)42(53)54/h11-16,19,23,28-31,35,37-40H,17-18,20-22,24-27,49H2,1-10H3,(H,53,54)/t31-,35+,37-,38-,39-,40+,43-,44-,45-,46+,47+,48+/m1/s1. The predicted octanol–water partition coefficient (Wildman–Crippen LogP) is 9.99. The molecule has 304 valence electrons. The monoisotopic (exact) mass is 765 g/mol. The molecule has 56 heavy (non-hydrogen) atoms. The number of allylic oxidation sites excluding steroid dienone is 1. The van der Waals surface area contributed by atoms with Gasteiger partial charge in [0.2, 0.25) is 0 Å². The number of benzene rings is 2. The summed E-state index contributed by atoms with van der Waals surface area (Å²) in [5, 5.41) is 18.7. The molecule has 2 aromatic carbocycles. The Balaban J connectivity index is 1.29. The van der Waals surface area contributed by atoms with Crippen LogP contribution in [-0.4, -0.2) is 57.3 Å². The van der Waals surface area contributed by atoms with Gasteiger partial charge in [-0.05, 0) is 114 Å². The Hall–Kier alpha value is -3.07. The number of fused-ring (bicyclic) bond motifs is 4. The van der Waals surface area contributed by atoms with Gasteiger partial charge in [0.1, 0.15) is 6.33 Å². The molecule has 0 amide bonds.